The van der Waals surface area contributed by atoms with Crippen LogP contribution in [0, 0.1) is 5.41 Å². The summed E-state index contributed by atoms with van der Waals surface area (Å²) in [5.74, 6) is -1.14. The van der Waals surface area contributed by atoms with E-state index in [1.165, 1.54) is 0 Å². The van der Waals surface area contributed by atoms with E-state index >= 15 is 0 Å². The smallest absolute Gasteiger partial charge is 0.310 e. The second-order valence-electron chi connectivity index (χ2n) is 4.86. The van der Waals surface area contributed by atoms with Gasteiger partial charge in [-0.25, -0.2) is 0 Å². The maximum atomic E-state index is 11.7. The molecule has 0 spiro atoms. The van der Waals surface area contributed by atoms with Gasteiger partial charge in [0.1, 0.15) is 0 Å². The van der Waals surface area contributed by atoms with Crippen LogP contribution in [-0.2, 0) is 9.59 Å². The highest BCUT2D eigenvalue weighted by Crippen LogP contribution is 2.31. The summed E-state index contributed by atoms with van der Waals surface area (Å²) in [4.78, 5) is 23.0. The Hall–Kier alpha value is -1.10. The van der Waals surface area contributed by atoms with Crippen molar-refractivity contribution >= 4 is 11.9 Å². The van der Waals surface area contributed by atoms with Gasteiger partial charge in [-0.3, -0.25) is 9.59 Å². The number of aliphatic hydroxyl groups excluding tert-OH is 1. The molecule has 0 unspecified atom stereocenters. The molecule has 0 heterocycles. The number of carboxylic acids is 1. The third-order valence-corrected chi connectivity index (χ3v) is 3.78. The van der Waals surface area contributed by atoms with Crippen LogP contribution in [0.3, 0.4) is 0 Å². The van der Waals surface area contributed by atoms with Crippen LogP contribution in [0.1, 0.15) is 46.0 Å². The molecule has 0 atom stereocenters. The first-order valence-electron chi connectivity index (χ1n) is 6.14. The van der Waals surface area contributed by atoms with Crippen molar-refractivity contribution in [2.24, 2.45) is 5.41 Å². The number of carboxylic acid groups (broad SMARTS) is 1. The highest BCUT2D eigenvalue weighted by molar-refractivity contribution is 5.85. The molecule has 1 aliphatic rings. The van der Waals surface area contributed by atoms with Gasteiger partial charge in [-0.1, -0.05) is 13.8 Å². The van der Waals surface area contributed by atoms with E-state index in [4.69, 9.17) is 5.11 Å². The Morgan fingerprint density at radius 2 is 1.82 bits per heavy atom. The average molecular weight is 243 g/mol. The van der Waals surface area contributed by atoms with Gasteiger partial charge < -0.3 is 15.5 Å². The number of hydrogen-bond donors (Lipinski definition) is 3. The first-order valence-corrected chi connectivity index (χ1v) is 6.14. The zero-order valence-corrected chi connectivity index (χ0v) is 10.4. The number of aliphatic carboxylic acids is 1. The number of nitrogens with one attached hydrogen (secondary N) is 1. The number of hydrogen-bond acceptors (Lipinski definition) is 3. The number of carbonyl (C=O) groups is 2. The summed E-state index contributed by atoms with van der Waals surface area (Å²) in [5.41, 5.74) is -0.952. The van der Waals surface area contributed by atoms with Crippen LogP contribution in [0.4, 0.5) is 0 Å². The molecule has 3 N–H and O–H groups in total. The lowest BCUT2D eigenvalue weighted by Gasteiger charge is -2.33. The molecule has 1 saturated carbocycles. The summed E-state index contributed by atoms with van der Waals surface area (Å²) in [6.45, 7) is 3.58. The largest absolute Gasteiger partial charge is 0.481 e. The van der Waals surface area contributed by atoms with Crippen molar-refractivity contribution in [2.45, 2.75) is 58.1 Å². The van der Waals surface area contributed by atoms with E-state index in [9.17, 15) is 14.7 Å². The van der Waals surface area contributed by atoms with Gasteiger partial charge in [-0.05, 0) is 25.7 Å². The Kier molecular flexibility index (Phi) is 4.51. The van der Waals surface area contributed by atoms with E-state index in [-0.39, 0.29) is 24.5 Å². The Bertz CT molecular complexity index is 293. The molecule has 0 aromatic rings. The Morgan fingerprint density at radius 3 is 2.18 bits per heavy atom. The minimum Gasteiger partial charge on any atom is -0.481 e. The molecule has 5 heteroatoms. The maximum Gasteiger partial charge on any atom is 0.310 e. The SMILES string of the molecule is CCC(CC)(CC(=O)NC1CC(O)C1)C(=O)O. The van der Waals surface area contributed by atoms with Crippen molar-refractivity contribution in [3.63, 3.8) is 0 Å². The average Bonchev–Trinajstić information content (AvgIpc) is 2.23. The molecule has 5 nitrogen and oxygen atoms in total. The molecule has 1 fully saturated rings. The fourth-order valence-corrected chi connectivity index (χ4v) is 2.17. The normalized spacial score (nSPS) is 23.9. The van der Waals surface area contributed by atoms with E-state index in [1.807, 2.05) is 0 Å². The minimum atomic E-state index is -0.952. The van der Waals surface area contributed by atoms with Gasteiger partial charge in [0.05, 0.1) is 11.5 Å². The third kappa shape index (κ3) is 3.19. The Morgan fingerprint density at radius 1 is 1.29 bits per heavy atom. The van der Waals surface area contributed by atoms with Gasteiger partial charge in [0.2, 0.25) is 5.91 Å². The Balaban J connectivity index is 2.49. The van der Waals surface area contributed by atoms with Crippen LogP contribution in [0.25, 0.3) is 0 Å². The maximum absolute atomic E-state index is 11.7. The van der Waals surface area contributed by atoms with Crippen molar-refractivity contribution in [1.82, 2.24) is 5.32 Å². The van der Waals surface area contributed by atoms with Gasteiger partial charge in [0.25, 0.3) is 0 Å². The van der Waals surface area contributed by atoms with Crippen molar-refractivity contribution in [1.29, 1.82) is 0 Å². The fourth-order valence-electron chi connectivity index (χ4n) is 2.17. The van der Waals surface area contributed by atoms with Gasteiger partial charge in [-0.15, -0.1) is 0 Å². The minimum absolute atomic E-state index is 0.0118. The lowest BCUT2D eigenvalue weighted by molar-refractivity contribution is -0.152. The van der Waals surface area contributed by atoms with Gasteiger partial charge >= 0.3 is 5.97 Å². The molecule has 98 valence electrons. The molecular formula is C12H21NO4. The van der Waals surface area contributed by atoms with Crippen molar-refractivity contribution in [3.8, 4) is 0 Å². The fraction of sp³-hybridized carbons (Fsp3) is 0.833. The van der Waals surface area contributed by atoms with E-state index in [0.717, 1.165) is 0 Å². The highest BCUT2D eigenvalue weighted by Gasteiger charge is 2.38. The summed E-state index contributed by atoms with van der Waals surface area (Å²) in [6, 6.07) is 0.0118. The monoisotopic (exact) mass is 243 g/mol. The molecular weight excluding hydrogens is 222 g/mol. The van der Waals surface area contributed by atoms with Gasteiger partial charge in [-0.2, -0.15) is 0 Å². The Labute approximate surface area is 101 Å². The number of aliphatic hydroxyl groups is 1. The number of carbonyl (C=O) groups excluding carboxylic acids is 1. The predicted molar refractivity (Wildman–Crippen MR) is 62.4 cm³/mol. The molecule has 0 saturated heterocycles. The molecule has 1 rings (SSSR count). The molecule has 17 heavy (non-hydrogen) atoms. The first kappa shape index (κ1) is 14.0. The lowest BCUT2D eigenvalue weighted by atomic mass is 9.78. The van der Waals surface area contributed by atoms with Crippen LogP contribution in [0.5, 0.6) is 0 Å². The van der Waals surface area contributed by atoms with E-state index in [1.54, 1.807) is 13.8 Å². The lowest BCUT2D eigenvalue weighted by Crippen LogP contribution is -2.48. The first-order chi connectivity index (χ1) is 7.93. The van der Waals surface area contributed by atoms with Crippen LogP contribution in [0.15, 0.2) is 0 Å². The van der Waals surface area contributed by atoms with E-state index in [0.29, 0.717) is 25.7 Å². The topological polar surface area (TPSA) is 86.6 Å². The molecule has 1 aliphatic carbocycles. The van der Waals surface area contributed by atoms with Crippen molar-refractivity contribution < 1.29 is 19.8 Å². The highest BCUT2D eigenvalue weighted by atomic mass is 16.4. The van der Waals surface area contributed by atoms with Gasteiger partial charge in [0.15, 0.2) is 0 Å². The summed E-state index contributed by atoms with van der Waals surface area (Å²) >= 11 is 0. The van der Waals surface area contributed by atoms with Crippen LogP contribution < -0.4 is 5.32 Å². The van der Waals surface area contributed by atoms with Crippen LogP contribution >= 0.6 is 0 Å². The molecule has 1 amide bonds. The van der Waals surface area contributed by atoms with E-state index < -0.39 is 11.4 Å². The zero-order chi connectivity index (χ0) is 13.1. The summed E-state index contributed by atoms with van der Waals surface area (Å²) in [6.07, 6.45) is 1.73. The standard InChI is InChI=1S/C12H21NO4/c1-3-12(4-2,11(16)17)7-10(15)13-8-5-9(14)6-8/h8-9,14H,3-7H2,1-2H3,(H,13,15)(H,16,17). The predicted octanol–water partition coefficient (Wildman–Crippen LogP) is 0.907. The third-order valence-electron chi connectivity index (χ3n) is 3.78. The number of rotatable bonds is 6. The zero-order valence-electron chi connectivity index (χ0n) is 10.4. The molecule has 0 aliphatic heterocycles. The second-order valence-corrected chi connectivity index (χ2v) is 4.86. The summed E-state index contributed by atoms with van der Waals surface area (Å²) in [7, 11) is 0. The van der Waals surface area contributed by atoms with Crippen LogP contribution in [0.2, 0.25) is 0 Å². The van der Waals surface area contributed by atoms with Crippen molar-refractivity contribution in [2.75, 3.05) is 0 Å². The summed E-state index contributed by atoms with van der Waals surface area (Å²) in [5, 5.41) is 21.1. The molecule has 0 radical (unpaired) electrons. The van der Waals surface area contributed by atoms with E-state index in [2.05, 4.69) is 5.32 Å². The van der Waals surface area contributed by atoms with Crippen molar-refractivity contribution in [3.05, 3.63) is 0 Å². The summed E-state index contributed by atoms with van der Waals surface area (Å²) < 4.78 is 0. The molecule has 0 bridgehead atoms. The quantitative estimate of drug-likeness (QED) is 0.647. The van der Waals surface area contributed by atoms with Crippen LogP contribution in [-0.4, -0.2) is 34.2 Å². The second kappa shape index (κ2) is 5.49. The molecule has 0 aromatic carbocycles. The molecule has 0 aromatic heterocycles. The van der Waals surface area contributed by atoms with Gasteiger partial charge in [0, 0.05) is 12.5 Å². The number of amides is 1.